The molecule has 13 nitrogen and oxygen atoms in total. The molecule has 1 aliphatic heterocycles. The Morgan fingerprint density at radius 1 is 1.07 bits per heavy atom. The molecule has 0 aliphatic carbocycles. The first-order chi connectivity index (χ1) is 21.2. The van der Waals surface area contributed by atoms with Crippen molar-refractivity contribution in [2.75, 3.05) is 6.54 Å². The molecular formula is C31H36N8O5. The Balaban J connectivity index is 1.44. The Labute approximate surface area is 254 Å². The van der Waals surface area contributed by atoms with Crippen molar-refractivity contribution < 1.29 is 23.6 Å². The molecule has 13 heteroatoms. The van der Waals surface area contributed by atoms with Gasteiger partial charge in [-0.3, -0.25) is 19.2 Å². The van der Waals surface area contributed by atoms with Crippen LogP contribution in [-0.4, -0.2) is 61.8 Å². The topological polar surface area (TPSA) is 173 Å². The minimum atomic E-state index is -0.973. The van der Waals surface area contributed by atoms with Crippen molar-refractivity contribution in [2.45, 2.75) is 57.7 Å². The number of imidazole rings is 1. The molecule has 0 saturated heterocycles. The number of oxazole rings is 1. The Morgan fingerprint density at radius 2 is 1.86 bits per heavy atom. The number of amides is 4. The highest BCUT2D eigenvalue weighted by Gasteiger charge is 2.32. The van der Waals surface area contributed by atoms with Crippen LogP contribution in [0.2, 0.25) is 0 Å². The molecule has 4 aromatic rings. The van der Waals surface area contributed by atoms with E-state index in [2.05, 4.69) is 36.2 Å². The van der Waals surface area contributed by atoms with Crippen molar-refractivity contribution in [3.8, 4) is 0 Å². The van der Waals surface area contributed by atoms with Gasteiger partial charge in [0, 0.05) is 26.2 Å². The summed E-state index contributed by atoms with van der Waals surface area (Å²) in [7, 11) is 1.78. The number of benzene rings is 1. The molecule has 3 aromatic heterocycles. The van der Waals surface area contributed by atoms with E-state index < -0.39 is 41.8 Å². The molecular weight excluding hydrogens is 564 g/mol. The van der Waals surface area contributed by atoms with E-state index in [1.54, 1.807) is 24.0 Å². The second-order valence-electron chi connectivity index (χ2n) is 11.2. The average Bonchev–Trinajstić information content (AvgIpc) is 3.65. The van der Waals surface area contributed by atoms with Gasteiger partial charge < -0.3 is 30.3 Å². The molecule has 4 N–H and O–H groups in total. The second-order valence-corrected chi connectivity index (χ2v) is 11.2. The van der Waals surface area contributed by atoms with E-state index in [9.17, 15) is 19.2 Å². The van der Waals surface area contributed by atoms with Crippen molar-refractivity contribution >= 4 is 34.8 Å². The van der Waals surface area contributed by atoms with Gasteiger partial charge in [-0.25, -0.2) is 15.0 Å². The van der Waals surface area contributed by atoms with Crippen LogP contribution in [0, 0.1) is 5.92 Å². The number of hydrogen-bond donors (Lipinski definition) is 4. The van der Waals surface area contributed by atoms with Crippen LogP contribution in [-0.2, 0) is 23.1 Å². The molecule has 3 atom stereocenters. The molecule has 230 valence electrons. The van der Waals surface area contributed by atoms with Crippen molar-refractivity contribution in [1.29, 1.82) is 0 Å². The van der Waals surface area contributed by atoms with Crippen LogP contribution in [0.4, 0.5) is 0 Å². The van der Waals surface area contributed by atoms with E-state index in [1.807, 2.05) is 44.2 Å². The van der Waals surface area contributed by atoms with E-state index in [1.165, 1.54) is 12.5 Å². The fraction of sp³-hybridized carbons (Fsp3) is 0.387. The Kier molecular flexibility index (Phi) is 9.32. The number of rotatable bonds is 5. The number of pyridine rings is 1. The normalized spacial score (nSPS) is 20.2. The average molecular weight is 601 g/mol. The molecule has 44 heavy (non-hydrogen) atoms. The number of aromatic nitrogens is 4. The van der Waals surface area contributed by atoms with Crippen molar-refractivity contribution in [3.05, 3.63) is 77.9 Å². The van der Waals surface area contributed by atoms with Gasteiger partial charge in [0.15, 0.2) is 11.3 Å². The van der Waals surface area contributed by atoms with E-state index in [4.69, 9.17) is 4.42 Å². The summed E-state index contributed by atoms with van der Waals surface area (Å²) < 4.78 is 7.31. The molecule has 0 fully saturated rings. The molecule has 2 bridgehead atoms. The van der Waals surface area contributed by atoms with E-state index in [0.717, 1.165) is 5.56 Å². The zero-order chi connectivity index (χ0) is 31.2. The van der Waals surface area contributed by atoms with E-state index >= 15 is 0 Å². The van der Waals surface area contributed by atoms with E-state index in [0.29, 0.717) is 30.6 Å². The lowest BCUT2D eigenvalue weighted by molar-refractivity contribution is -0.130. The quantitative estimate of drug-likeness (QED) is 0.270. The third-order valence-corrected chi connectivity index (χ3v) is 7.57. The molecule has 1 aromatic carbocycles. The molecule has 0 unspecified atom stereocenters. The number of nitrogens with zero attached hydrogens (tertiary/aromatic N) is 4. The Morgan fingerprint density at radius 3 is 2.64 bits per heavy atom. The molecule has 1 aliphatic rings. The van der Waals surface area contributed by atoms with Crippen LogP contribution in [0.1, 0.15) is 71.5 Å². The van der Waals surface area contributed by atoms with Gasteiger partial charge in [-0.15, -0.1) is 0 Å². The van der Waals surface area contributed by atoms with Crippen molar-refractivity contribution in [1.82, 2.24) is 40.8 Å². The number of nitrogens with one attached hydrogen (secondary N) is 4. The lowest BCUT2D eigenvalue weighted by atomic mass is 10.0. The Bertz CT molecular complexity index is 1650. The van der Waals surface area contributed by atoms with Gasteiger partial charge in [0.05, 0.1) is 11.9 Å². The summed E-state index contributed by atoms with van der Waals surface area (Å²) in [4.78, 5) is 66.7. The van der Waals surface area contributed by atoms with Crippen LogP contribution >= 0.6 is 0 Å². The summed E-state index contributed by atoms with van der Waals surface area (Å²) >= 11 is 0. The maximum absolute atomic E-state index is 13.8. The lowest BCUT2D eigenvalue weighted by Crippen LogP contribution is -2.55. The van der Waals surface area contributed by atoms with Crippen molar-refractivity contribution in [2.24, 2.45) is 13.0 Å². The van der Waals surface area contributed by atoms with Crippen molar-refractivity contribution in [3.63, 3.8) is 0 Å². The summed E-state index contributed by atoms with van der Waals surface area (Å²) in [5.74, 6) is -1.79. The number of fused-ring (bicyclic) bond motifs is 3. The largest absolute Gasteiger partial charge is 0.446 e. The van der Waals surface area contributed by atoms with Gasteiger partial charge >= 0.3 is 0 Å². The smallest absolute Gasteiger partial charge is 0.273 e. The molecule has 4 heterocycles. The fourth-order valence-electron chi connectivity index (χ4n) is 5.11. The summed E-state index contributed by atoms with van der Waals surface area (Å²) in [6.45, 7) is 4.12. The van der Waals surface area contributed by atoms with Gasteiger partial charge in [-0.1, -0.05) is 44.2 Å². The monoisotopic (exact) mass is 600 g/mol. The summed E-state index contributed by atoms with van der Waals surface area (Å²) in [5, 5.41) is 11.5. The SMILES string of the molecule is CC(C)[C@@H]1NC(=O)[C@H](Cc2ccccc2)NC(=O)[C@@H](NC(=O)c2ccnc3c2ncn3C)CCCCNC(=O)c2coc1n2. The first-order valence-corrected chi connectivity index (χ1v) is 14.7. The fourth-order valence-corrected chi connectivity index (χ4v) is 5.11. The lowest BCUT2D eigenvalue weighted by Gasteiger charge is -2.26. The maximum atomic E-state index is 13.8. The zero-order valence-corrected chi connectivity index (χ0v) is 24.9. The van der Waals surface area contributed by atoms with E-state index in [-0.39, 0.29) is 35.9 Å². The standard InChI is InChI=1S/C31H36N8O5/c1-18(2)24-31-37-23(16-44-31)28(41)33-13-8-7-11-21(35-27(40)20-12-14-32-26-25(20)34-17-39(26)3)29(42)36-22(30(43)38-24)15-19-9-5-4-6-10-19/h4-6,9-10,12,14,16-18,21-22,24H,7-8,11,13,15H2,1-3H3,(H,33,41)(H,35,40)(H,36,42)(H,38,43)/t21-,22-,24-/m0/s1. The van der Waals surface area contributed by atoms with Gasteiger partial charge in [0.25, 0.3) is 11.8 Å². The summed E-state index contributed by atoms with van der Waals surface area (Å²) in [5.41, 5.74) is 2.19. The molecule has 0 spiro atoms. The van der Waals surface area contributed by atoms with Crippen LogP contribution < -0.4 is 21.3 Å². The van der Waals surface area contributed by atoms with Crippen LogP contribution in [0.3, 0.4) is 0 Å². The third-order valence-electron chi connectivity index (χ3n) is 7.57. The summed E-state index contributed by atoms with van der Waals surface area (Å²) in [6, 6.07) is 8.30. The molecule has 0 saturated carbocycles. The highest BCUT2D eigenvalue weighted by atomic mass is 16.3. The number of hydrogen-bond acceptors (Lipinski definition) is 8. The maximum Gasteiger partial charge on any atom is 0.273 e. The van der Waals surface area contributed by atoms with Crippen LogP contribution in [0.25, 0.3) is 11.2 Å². The number of aryl methyl sites for hydroxylation is 1. The van der Waals surface area contributed by atoms with Gasteiger partial charge in [-0.05, 0) is 36.8 Å². The predicted octanol–water partition coefficient (Wildman–Crippen LogP) is 2.21. The minimum absolute atomic E-state index is 0.115. The van der Waals surface area contributed by atoms with Gasteiger partial charge in [0.2, 0.25) is 17.7 Å². The second kappa shape index (κ2) is 13.5. The third kappa shape index (κ3) is 6.93. The first kappa shape index (κ1) is 30.4. The highest BCUT2D eigenvalue weighted by Crippen LogP contribution is 2.22. The van der Waals surface area contributed by atoms with Crippen LogP contribution in [0.15, 0.2) is 59.6 Å². The molecule has 5 rings (SSSR count). The predicted molar refractivity (Wildman–Crippen MR) is 160 cm³/mol. The Hall–Kier alpha value is -5.07. The van der Waals surface area contributed by atoms with Gasteiger partial charge in [0.1, 0.15) is 29.9 Å². The highest BCUT2D eigenvalue weighted by molar-refractivity contribution is 6.05. The summed E-state index contributed by atoms with van der Waals surface area (Å²) in [6.07, 6.45) is 5.88. The molecule has 0 radical (unpaired) electrons. The van der Waals surface area contributed by atoms with Gasteiger partial charge in [-0.2, -0.15) is 0 Å². The molecule has 4 amide bonds. The minimum Gasteiger partial charge on any atom is -0.446 e. The number of carbonyl (C=O) groups excluding carboxylic acids is 4. The number of carbonyl (C=O) groups is 4. The zero-order valence-electron chi connectivity index (χ0n) is 24.9. The van der Waals surface area contributed by atoms with Crippen LogP contribution in [0.5, 0.6) is 0 Å². The first-order valence-electron chi connectivity index (χ1n) is 14.7.